The third-order valence-electron chi connectivity index (χ3n) is 1.75. The number of hydrogen-bond donors (Lipinski definition) is 2. The van der Waals surface area contributed by atoms with Gasteiger partial charge in [-0.2, -0.15) is 0 Å². The highest BCUT2D eigenvalue weighted by atomic mass is 16.6. The van der Waals surface area contributed by atoms with Crippen LogP contribution in [0.15, 0.2) is 0 Å². The predicted octanol–water partition coefficient (Wildman–Crippen LogP) is -0.105. The largest absolute Gasteiger partial charge is 0.469 e. The maximum Gasteiger partial charge on any atom is 0.341 e. The number of rotatable bonds is 4. The third kappa shape index (κ3) is 5.67. The molecule has 4 N–H and O–H groups in total. The lowest BCUT2D eigenvalue weighted by Gasteiger charge is -2.27. The van der Waals surface area contributed by atoms with E-state index in [1.54, 1.807) is 20.8 Å². The minimum atomic E-state index is -1.67. The molecule has 0 rings (SSSR count). The molecular weight excluding hydrogens is 212 g/mol. The summed E-state index contributed by atoms with van der Waals surface area (Å²) in [7, 11) is 1.25. The zero-order chi connectivity index (χ0) is 13.0. The van der Waals surface area contributed by atoms with E-state index < -0.39 is 23.2 Å². The van der Waals surface area contributed by atoms with Gasteiger partial charge in [0.05, 0.1) is 7.11 Å². The Bertz CT molecular complexity index is 268. The Morgan fingerprint density at radius 3 is 2.06 bits per heavy atom. The summed E-state index contributed by atoms with van der Waals surface area (Å²) in [5, 5.41) is 0. The molecule has 0 bridgehead atoms. The second kappa shape index (κ2) is 5.27. The predicted molar refractivity (Wildman–Crippen MR) is 58.2 cm³/mol. The maximum atomic E-state index is 11.6. The molecule has 0 saturated heterocycles. The van der Waals surface area contributed by atoms with Crippen LogP contribution in [0.5, 0.6) is 0 Å². The number of carbonyl (C=O) groups excluding carboxylic acids is 2. The minimum Gasteiger partial charge on any atom is -0.469 e. The van der Waals surface area contributed by atoms with Gasteiger partial charge >= 0.3 is 11.9 Å². The molecule has 0 heterocycles. The van der Waals surface area contributed by atoms with Crippen LogP contribution in [0.25, 0.3) is 0 Å². The molecule has 6 nitrogen and oxygen atoms in total. The first-order chi connectivity index (χ1) is 7.08. The van der Waals surface area contributed by atoms with Gasteiger partial charge in [-0.3, -0.25) is 4.79 Å². The van der Waals surface area contributed by atoms with Crippen molar-refractivity contribution in [2.75, 3.05) is 7.11 Å². The average molecular weight is 232 g/mol. The van der Waals surface area contributed by atoms with Gasteiger partial charge in [0, 0.05) is 6.42 Å². The molecule has 0 aromatic carbocycles. The molecule has 0 aliphatic heterocycles. The molecule has 6 heteroatoms. The number of methoxy groups -OCH3 is 1. The molecular formula is C10H20N2O4. The van der Waals surface area contributed by atoms with Gasteiger partial charge in [-0.1, -0.05) is 0 Å². The standard InChI is InChI=1S/C10H20N2O4/c1-9(2,3)16-8(14)10(11,12)6-5-7(13)15-4/h5-6,11-12H2,1-4H3. The average Bonchev–Trinajstić information content (AvgIpc) is 2.11. The van der Waals surface area contributed by atoms with Gasteiger partial charge in [0.25, 0.3) is 0 Å². The van der Waals surface area contributed by atoms with Crippen LogP contribution in [0.3, 0.4) is 0 Å². The van der Waals surface area contributed by atoms with Gasteiger partial charge in [-0.15, -0.1) is 0 Å². The zero-order valence-corrected chi connectivity index (χ0v) is 10.2. The summed E-state index contributed by atoms with van der Waals surface area (Å²) in [6, 6.07) is 0. The molecule has 16 heavy (non-hydrogen) atoms. The third-order valence-corrected chi connectivity index (χ3v) is 1.75. The van der Waals surface area contributed by atoms with E-state index in [1.165, 1.54) is 7.11 Å². The highest BCUT2D eigenvalue weighted by molar-refractivity contribution is 5.81. The van der Waals surface area contributed by atoms with E-state index in [4.69, 9.17) is 16.2 Å². The first kappa shape index (κ1) is 14.9. The molecule has 0 aliphatic carbocycles. The molecule has 0 atom stereocenters. The number of ether oxygens (including phenoxy) is 2. The fraction of sp³-hybridized carbons (Fsp3) is 0.800. The Kier molecular flexibility index (Phi) is 4.89. The Balaban J connectivity index is 4.32. The van der Waals surface area contributed by atoms with Crippen LogP contribution in [0, 0.1) is 0 Å². The summed E-state index contributed by atoms with van der Waals surface area (Å²) in [6.45, 7) is 5.13. The van der Waals surface area contributed by atoms with Gasteiger partial charge in [0.15, 0.2) is 5.66 Å². The van der Waals surface area contributed by atoms with Crippen molar-refractivity contribution in [3.63, 3.8) is 0 Å². The highest BCUT2D eigenvalue weighted by Gasteiger charge is 2.34. The molecule has 0 fully saturated rings. The van der Waals surface area contributed by atoms with Crippen LogP contribution in [-0.2, 0) is 19.1 Å². The van der Waals surface area contributed by atoms with Crippen LogP contribution in [-0.4, -0.2) is 30.3 Å². The van der Waals surface area contributed by atoms with Gasteiger partial charge in [-0.25, -0.2) is 4.79 Å². The van der Waals surface area contributed by atoms with E-state index in [0.717, 1.165) is 0 Å². The zero-order valence-electron chi connectivity index (χ0n) is 10.2. The Morgan fingerprint density at radius 2 is 1.69 bits per heavy atom. The minimum absolute atomic E-state index is 0.0193. The summed E-state index contributed by atoms with van der Waals surface area (Å²) in [5.74, 6) is -1.20. The lowest BCUT2D eigenvalue weighted by Crippen LogP contribution is -2.58. The summed E-state index contributed by atoms with van der Waals surface area (Å²) < 4.78 is 9.45. The van der Waals surface area contributed by atoms with Crippen LogP contribution in [0.4, 0.5) is 0 Å². The lowest BCUT2D eigenvalue weighted by atomic mass is 10.1. The van der Waals surface area contributed by atoms with Gasteiger partial charge < -0.3 is 20.9 Å². The molecule has 0 spiro atoms. The van der Waals surface area contributed by atoms with E-state index in [1.807, 2.05) is 0 Å². The smallest absolute Gasteiger partial charge is 0.341 e. The Hall–Kier alpha value is -1.14. The molecule has 0 amide bonds. The highest BCUT2D eigenvalue weighted by Crippen LogP contribution is 2.13. The van der Waals surface area contributed by atoms with Crippen molar-refractivity contribution >= 4 is 11.9 Å². The molecule has 94 valence electrons. The summed E-state index contributed by atoms with van der Waals surface area (Å²) in [6.07, 6.45) is -0.0443. The van der Waals surface area contributed by atoms with Crippen molar-refractivity contribution in [3.8, 4) is 0 Å². The molecule has 0 aromatic rings. The van der Waals surface area contributed by atoms with E-state index >= 15 is 0 Å². The van der Waals surface area contributed by atoms with Crippen molar-refractivity contribution in [1.82, 2.24) is 0 Å². The van der Waals surface area contributed by atoms with Gasteiger partial charge in [0.2, 0.25) is 0 Å². The molecule has 0 unspecified atom stereocenters. The normalized spacial score (nSPS) is 12.1. The molecule has 0 saturated carbocycles. The number of nitrogens with two attached hydrogens (primary N) is 2. The number of hydrogen-bond acceptors (Lipinski definition) is 6. The topological polar surface area (TPSA) is 105 Å². The second-order valence-electron chi connectivity index (χ2n) is 4.62. The van der Waals surface area contributed by atoms with Gasteiger partial charge in [-0.05, 0) is 27.2 Å². The number of carbonyl (C=O) groups is 2. The molecule has 0 aliphatic rings. The van der Waals surface area contributed by atoms with Crippen LogP contribution in [0.2, 0.25) is 0 Å². The van der Waals surface area contributed by atoms with E-state index in [0.29, 0.717) is 0 Å². The molecule has 0 aromatic heterocycles. The maximum absolute atomic E-state index is 11.6. The van der Waals surface area contributed by atoms with Crippen molar-refractivity contribution < 1.29 is 19.1 Å². The van der Waals surface area contributed by atoms with E-state index in [-0.39, 0.29) is 12.8 Å². The van der Waals surface area contributed by atoms with Gasteiger partial charge in [0.1, 0.15) is 5.60 Å². The SMILES string of the molecule is COC(=O)CCC(N)(N)C(=O)OC(C)(C)C. The fourth-order valence-corrected chi connectivity index (χ4v) is 0.886. The summed E-state index contributed by atoms with van der Waals surface area (Å²) in [5.41, 5.74) is 8.81. The van der Waals surface area contributed by atoms with Crippen molar-refractivity contribution in [2.45, 2.75) is 44.9 Å². The first-order valence-corrected chi connectivity index (χ1v) is 4.96. The van der Waals surface area contributed by atoms with Crippen LogP contribution in [0.1, 0.15) is 33.6 Å². The van der Waals surface area contributed by atoms with E-state index in [2.05, 4.69) is 4.74 Å². The second-order valence-corrected chi connectivity index (χ2v) is 4.62. The lowest BCUT2D eigenvalue weighted by molar-refractivity contribution is -0.162. The quantitative estimate of drug-likeness (QED) is 0.518. The van der Waals surface area contributed by atoms with Crippen LogP contribution < -0.4 is 11.5 Å². The number of esters is 2. The first-order valence-electron chi connectivity index (χ1n) is 4.96. The Morgan fingerprint density at radius 1 is 1.19 bits per heavy atom. The molecule has 0 radical (unpaired) electrons. The van der Waals surface area contributed by atoms with Crippen molar-refractivity contribution in [1.29, 1.82) is 0 Å². The summed E-state index contributed by atoms with van der Waals surface area (Å²) >= 11 is 0. The monoisotopic (exact) mass is 232 g/mol. The fourth-order valence-electron chi connectivity index (χ4n) is 0.886. The summed E-state index contributed by atoms with van der Waals surface area (Å²) in [4.78, 5) is 22.4. The van der Waals surface area contributed by atoms with Crippen LogP contribution >= 0.6 is 0 Å². The van der Waals surface area contributed by atoms with Crippen molar-refractivity contribution in [3.05, 3.63) is 0 Å². The Labute approximate surface area is 95.3 Å². The van der Waals surface area contributed by atoms with Crippen molar-refractivity contribution in [2.24, 2.45) is 11.5 Å². The van der Waals surface area contributed by atoms with E-state index in [9.17, 15) is 9.59 Å².